The second-order valence-corrected chi connectivity index (χ2v) is 8.37. The van der Waals surface area contributed by atoms with Crippen molar-refractivity contribution in [3.63, 3.8) is 0 Å². The Morgan fingerprint density at radius 2 is 2.00 bits per heavy atom. The number of anilines is 1. The van der Waals surface area contributed by atoms with Gasteiger partial charge in [0.2, 0.25) is 5.91 Å². The zero-order valence-electron chi connectivity index (χ0n) is 13.2. The Hall–Kier alpha value is -1.38. The van der Waals surface area contributed by atoms with E-state index in [-0.39, 0.29) is 17.4 Å². The third kappa shape index (κ3) is 4.37. The van der Waals surface area contributed by atoms with Gasteiger partial charge in [0, 0.05) is 16.7 Å². The average Bonchev–Trinajstić information content (AvgIpc) is 2.55. The summed E-state index contributed by atoms with van der Waals surface area (Å²) in [5.41, 5.74) is 5.78. The van der Waals surface area contributed by atoms with Crippen molar-refractivity contribution in [2.45, 2.75) is 43.0 Å². The number of halogens is 2. The topological polar surface area (TPSA) is 98.5 Å². The normalized spacial score (nSPS) is 17.3. The minimum Gasteiger partial charge on any atom is -0.495 e. The zero-order valence-corrected chi connectivity index (χ0v) is 14.8. The molecule has 134 valence electrons. The van der Waals surface area contributed by atoms with Crippen molar-refractivity contribution in [2.24, 2.45) is 11.7 Å². The fraction of sp³-hybridized carbons (Fsp3) is 0.533. The maximum absolute atomic E-state index is 14.1. The molecule has 1 amide bonds. The van der Waals surface area contributed by atoms with Crippen LogP contribution in [0.2, 0.25) is 0 Å². The van der Waals surface area contributed by atoms with E-state index in [4.69, 9.17) is 21.2 Å². The third-order valence-corrected chi connectivity index (χ3v) is 5.58. The van der Waals surface area contributed by atoms with Crippen LogP contribution in [0.15, 0.2) is 17.0 Å². The predicted octanol–water partition coefficient (Wildman–Crippen LogP) is 2.61. The molecule has 0 bridgehead atoms. The summed E-state index contributed by atoms with van der Waals surface area (Å²) in [6, 6.07) is 1.05. The van der Waals surface area contributed by atoms with Crippen LogP contribution >= 0.6 is 10.7 Å². The summed E-state index contributed by atoms with van der Waals surface area (Å²) in [7, 11) is 2.29. The number of carbonyl (C=O) groups is 1. The van der Waals surface area contributed by atoms with Gasteiger partial charge in [-0.1, -0.05) is 19.3 Å². The van der Waals surface area contributed by atoms with Gasteiger partial charge in [-0.3, -0.25) is 4.79 Å². The van der Waals surface area contributed by atoms with E-state index in [2.05, 4.69) is 5.32 Å². The van der Waals surface area contributed by atoms with Gasteiger partial charge in [0.25, 0.3) is 9.05 Å². The van der Waals surface area contributed by atoms with Crippen LogP contribution in [-0.2, 0) is 13.8 Å². The Morgan fingerprint density at radius 1 is 1.38 bits per heavy atom. The van der Waals surface area contributed by atoms with Crippen LogP contribution in [0, 0.1) is 11.7 Å². The predicted molar refractivity (Wildman–Crippen MR) is 89.2 cm³/mol. The zero-order chi connectivity index (χ0) is 17.9. The number of hydrogen-bond acceptors (Lipinski definition) is 5. The highest BCUT2D eigenvalue weighted by atomic mass is 35.7. The van der Waals surface area contributed by atoms with Gasteiger partial charge in [-0.25, -0.2) is 12.8 Å². The summed E-state index contributed by atoms with van der Waals surface area (Å²) < 4.78 is 41.9. The molecule has 0 unspecified atom stereocenters. The van der Waals surface area contributed by atoms with E-state index in [0.29, 0.717) is 6.07 Å². The number of rotatable bonds is 5. The molecule has 1 aromatic carbocycles. The first-order valence-corrected chi connectivity index (χ1v) is 9.93. The highest BCUT2D eigenvalue weighted by molar-refractivity contribution is 8.13. The summed E-state index contributed by atoms with van der Waals surface area (Å²) in [6.45, 7) is 0. The van der Waals surface area contributed by atoms with Gasteiger partial charge < -0.3 is 15.8 Å². The quantitative estimate of drug-likeness (QED) is 0.767. The number of carbonyl (C=O) groups excluding carboxylic acids is 1. The monoisotopic (exact) mass is 378 g/mol. The standard InChI is InChI=1S/C15H20ClFN2O4S/c1-23-12-8-11(10(17)7-13(12)24(16,21)22)19-15(20)14(18)9-5-3-2-4-6-9/h7-9,14H,2-6,18H2,1H3,(H,19,20)/t14-/m0/s1. The number of amides is 1. The summed E-state index contributed by atoms with van der Waals surface area (Å²) in [6.07, 6.45) is 4.91. The Bertz CT molecular complexity index is 720. The van der Waals surface area contributed by atoms with E-state index >= 15 is 0 Å². The van der Waals surface area contributed by atoms with Gasteiger partial charge in [0.1, 0.15) is 16.5 Å². The lowest BCUT2D eigenvalue weighted by atomic mass is 9.84. The SMILES string of the molecule is COc1cc(NC(=O)[C@@H](N)C2CCCCC2)c(F)cc1S(=O)(=O)Cl. The molecular weight excluding hydrogens is 359 g/mol. The number of hydrogen-bond donors (Lipinski definition) is 2. The maximum atomic E-state index is 14.1. The van der Waals surface area contributed by atoms with E-state index in [1.807, 2.05) is 0 Å². The minimum absolute atomic E-state index is 0.0613. The second kappa shape index (κ2) is 7.67. The van der Waals surface area contributed by atoms with E-state index in [1.54, 1.807) is 0 Å². The molecule has 24 heavy (non-hydrogen) atoms. The Morgan fingerprint density at radius 3 is 2.54 bits per heavy atom. The molecule has 1 atom stereocenters. The molecular formula is C15H20ClFN2O4S. The second-order valence-electron chi connectivity index (χ2n) is 5.83. The number of ether oxygens (including phenoxy) is 1. The van der Waals surface area contributed by atoms with Crippen LogP contribution in [0.1, 0.15) is 32.1 Å². The van der Waals surface area contributed by atoms with Crippen molar-refractivity contribution in [1.82, 2.24) is 0 Å². The molecule has 6 nitrogen and oxygen atoms in total. The number of nitrogens with two attached hydrogens (primary N) is 1. The molecule has 1 aromatic rings. The van der Waals surface area contributed by atoms with Crippen LogP contribution in [0.25, 0.3) is 0 Å². The molecule has 0 heterocycles. The molecule has 0 radical (unpaired) electrons. The first-order chi connectivity index (χ1) is 11.2. The van der Waals surface area contributed by atoms with Crippen molar-refractivity contribution < 1.29 is 22.3 Å². The number of nitrogens with one attached hydrogen (secondary N) is 1. The Balaban J connectivity index is 2.21. The van der Waals surface area contributed by atoms with E-state index in [9.17, 15) is 17.6 Å². The van der Waals surface area contributed by atoms with Crippen molar-refractivity contribution in [3.8, 4) is 5.75 Å². The van der Waals surface area contributed by atoms with Gasteiger partial charge in [-0.2, -0.15) is 0 Å². The molecule has 3 N–H and O–H groups in total. The Labute approximate surface area is 144 Å². The summed E-state index contributed by atoms with van der Waals surface area (Å²) in [5.74, 6) is -1.54. The third-order valence-electron chi connectivity index (χ3n) is 4.23. The molecule has 0 spiro atoms. The van der Waals surface area contributed by atoms with E-state index < -0.39 is 31.7 Å². The fourth-order valence-corrected chi connectivity index (χ4v) is 3.89. The minimum atomic E-state index is -4.18. The van der Waals surface area contributed by atoms with Crippen LogP contribution in [0.5, 0.6) is 5.75 Å². The highest BCUT2D eigenvalue weighted by Crippen LogP contribution is 2.32. The van der Waals surface area contributed by atoms with Gasteiger partial charge in [-0.15, -0.1) is 0 Å². The molecule has 0 aliphatic heterocycles. The summed E-state index contributed by atoms with van der Waals surface area (Å²) in [5, 5.41) is 2.40. The first-order valence-electron chi connectivity index (χ1n) is 7.62. The molecule has 2 rings (SSSR count). The van der Waals surface area contributed by atoms with Crippen LogP contribution < -0.4 is 15.8 Å². The Kier molecular flexibility index (Phi) is 6.06. The van der Waals surface area contributed by atoms with Crippen LogP contribution in [-0.4, -0.2) is 27.5 Å². The van der Waals surface area contributed by atoms with Crippen molar-refractivity contribution in [1.29, 1.82) is 0 Å². The maximum Gasteiger partial charge on any atom is 0.265 e. The summed E-state index contributed by atoms with van der Waals surface area (Å²) >= 11 is 0. The molecule has 0 aromatic heterocycles. The lowest BCUT2D eigenvalue weighted by molar-refractivity contribution is -0.118. The highest BCUT2D eigenvalue weighted by Gasteiger charge is 2.27. The molecule has 1 fully saturated rings. The van der Waals surface area contributed by atoms with Gasteiger partial charge in [0.05, 0.1) is 18.8 Å². The van der Waals surface area contributed by atoms with E-state index in [1.165, 1.54) is 7.11 Å². The molecule has 1 saturated carbocycles. The summed E-state index contributed by atoms with van der Waals surface area (Å²) in [4.78, 5) is 11.8. The molecule has 0 saturated heterocycles. The fourth-order valence-electron chi connectivity index (χ4n) is 2.90. The largest absolute Gasteiger partial charge is 0.495 e. The number of benzene rings is 1. The molecule has 1 aliphatic carbocycles. The van der Waals surface area contributed by atoms with Crippen molar-refractivity contribution in [3.05, 3.63) is 17.9 Å². The smallest absolute Gasteiger partial charge is 0.265 e. The molecule has 9 heteroatoms. The van der Waals surface area contributed by atoms with Gasteiger partial charge in [0.15, 0.2) is 0 Å². The first kappa shape index (κ1) is 19.0. The van der Waals surface area contributed by atoms with Gasteiger partial charge >= 0.3 is 0 Å². The lowest BCUT2D eigenvalue weighted by Crippen LogP contribution is -2.42. The average molecular weight is 379 g/mol. The lowest BCUT2D eigenvalue weighted by Gasteiger charge is -2.26. The molecule has 1 aliphatic rings. The van der Waals surface area contributed by atoms with Crippen molar-refractivity contribution in [2.75, 3.05) is 12.4 Å². The van der Waals surface area contributed by atoms with Crippen molar-refractivity contribution >= 4 is 31.3 Å². The van der Waals surface area contributed by atoms with Crippen LogP contribution in [0.3, 0.4) is 0 Å². The van der Waals surface area contributed by atoms with Gasteiger partial charge in [-0.05, 0) is 24.8 Å². The van der Waals surface area contributed by atoms with Crippen LogP contribution in [0.4, 0.5) is 10.1 Å². The number of methoxy groups -OCH3 is 1. The van der Waals surface area contributed by atoms with E-state index in [0.717, 1.165) is 38.2 Å².